The zero-order valence-electron chi connectivity index (χ0n) is 8.90. The van der Waals surface area contributed by atoms with Gasteiger partial charge in [0.2, 0.25) is 0 Å². The van der Waals surface area contributed by atoms with Crippen LogP contribution in [0.25, 0.3) is 0 Å². The van der Waals surface area contributed by atoms with Crippen LogP contribution in [0.3, 0.4) is 0 Å². The summed E-state index contributed by atoms with van der Waals surface area (Å²) in [4.78, 5) is 17.3. The molecule has 0 atom stereocenters. The van der Waals surface area contributed by atoms with Gasteiger partial charge in [-0.25, -0.2) is 0 Å². The number of anilines is 1. The Bertz CT molecular complexity index is 341. The van der Waals surface area contributed by atoms with Crippen LogP contribution in [0, 0.1) is 0 Å². The zero-order valence-corrected chi connectivity index (χ0v) is 8.90. The molecular weight excluding hydrogens is 194 g/mol. The van der Waals surface area contributed by atoms with Crippen molar-refractivity contribution in [2.45, 2.75) is 0 Å². The maximum Gasteiger partial charge on any atom is 0.255 e. The third kappa shape index (κ3) is 2.66. The van der Waals surface area contributed by atoms with Gasteiger partial charge in [0.05, 0.1) is 24.1 Å². The third-order valence-electron chi connectivity index (χ3n) is 2.10. The normalized spacial score (nSPS) is 9.80. The lowest BCUT2D eigenvalue weighted by Gasteiger charge is -2.17. The maximum absolute atomic E-state index is 11.9. The molecule has 0 aromatic carbocycles. The Morgan fingerprint density at radius 1 is 1.67 bits per heavy atom. The van der Waals surface area contributed by atoms with Gasteiger partial charge in [-0.05, 0) is 6.07 Å². The van der Waals surface area contributed by atoms with Crippen LogP contribution in [0.15, 0.2) is 18.5 Å². The molecule has 0 spiro atoms. The molecule has 1 aromatic heterocycles. The summed E-state index contributed by atoms with van der Waals surface area (Å²) in [6.07, 6.45) is 3.17. The molecule has 0 aliphatic heterocycles. The highest BCUT2D eigenvalue weighted by Crippen LogP contribution is 2.14. The van der Waals surface area contributed by atoms with E-state index in [4.69, 9.17) is 5.11 Å². The first kappa shape index (κ1) is 11.5. The Balaban J connectivity index is 2.90. The second-order valence-electron chi connectivity index (χ2n) is 3.12. The van der Waals surface area contributed by atoms with Crippen LogP contribution >= 0.6 is 0 Å². The standard InChI is InChI=1S/C10H15N3O2/c1-11-9-7-12-4-3-8(9)10(15)13(2)5-6-14/h3-4,7,11,14H,5-6H2,1-2H3. The number of aliphatic hydroxyl groups excluding tert-OH is 1. The molecule has 1 aromatic rings. The van der Waals surface area contributed by atoms with E-state index in [-0.39, 0.29) is 12.5 Å². The van der Waals surface area contributed by atoms with Gasteiger partial charge in [0.25, 0.3) is 5.91 Å². The van der Waals surface area contributed by atoms with Crippen LogP contribution in [-0.2, 0) is 0 Å². The fourth-order valence-electron chi connectivity index (χ4n) is 1.24. The highest BCUT2D eigenvalue weighted by atomic mass is 16.3. The molecule has 0 fully saturated rings. The topological polar surface area (TPSA) is 65.5 Å². The molecule has 2 N–H and O–H groups in total. The number of carbonyl (C=O) groups is 1. The fraction of sp³-hybridized carbons (Fsp3) is 0.400. The van der Waals surface area contributed by atoms with Crippen molar-refractivity contribution in [3.63, 3.8) is 0 Å². The number of hydrogen-bond donors (Lipinski definition) is 2. The molecule has 0 radical (unpaired) electrons. The molecule has 5 nitrogen and oxygen atoms in total. The number of aliphatic hydroxyl groups is 1. The first-order valence-corrected chi connectivity index (χ1v) is 4.68. The van der Waals surface area contributed by atoms with Crippen LogP contribution in [0.2, 0.25) is 0 Å². The summed E-state index contributed by atoms with van der Waals surface area (Å²) in [6.45, 7) is 0.284. The fourth-order valence-corrected chi connectivity index (χ4v) is 1.24. The highest BCUT2D eigenvalue weighted by molar-refractivity contribution is 5.99. The number of rotatable bonds is 4. The lowest BCUT2D eigenvalue weighted by atomic mass is 10.2. The van der Waals surface area contributed by atoms with Crippen LogP contribution in [0.4, 0.5) is 5.69 Å². The van der Waals surface area contributed by atoms with E-state index in [1.807, 2.05) is 0 Å². The summed E-state index contributed by atoms with van der Waals surface area (Å²) < 4.78 is 0. The summed E-state index contributed by atoms with van der Waals surface area (Å²) in [5.74, 6) is -0.129. The maximum atomic E-state index is 11.9. The number of amides is 1. The SMILES string of the molecule is CNc1cnccc1C(=O)N(C)CCO. The number of carbonyl (C=O) groups excluding carboxylic acids is 1. The largest absolute Gasteiger partial charge is 0.395 e. The summed E-state index contributed by atoms with van der Waals surface area (Å²) in [7, 11) is 3.39. The number of nitrogens with zero attached hydrogens (tertiary/aromatic N) is 2. The molecule has 1 heterocycles. The molecule has 0 bridgehead atoms. The van der Waals surface area contributed by atoms with E-state index in [0.717, 1.165) is 0 Å². The predicted octanol–water partition coefficient (Wildman–Crippen LogP) is 0.188. The smallest absolute Gasteiger partial charge is 0.255 e. The number of aromatic nitrogens is 1. The van der Waals surface area contributed by atoms with Gasteiger partial charge in [0, 0.05) is 26.8 Å². The van der Waals surface area contributed by atoms with Crippen molar-refractivity contribution >= 4 is 11.6 Å². The van der Waals surface area contributed by atoms with Gasteiger partial charge in [-0.2, -0.15) is 0 Å². The van der Waals surface area contributed by atoms with Gasteiger partial charge < -0.3 is 15.3 Å². The van der Waals surface area contributed by atoms with Crippen molar-refractivity contribution in [1.82, 2.24) is 9.88 Å². The average molecular weight is 209 g/mol. The molecule has 1 amide bonds. The van der Waals surface area contributed by atoms with E-state index < -0.39 is 0 Å². The van der Waals surface area contributed by atoms with E-state index in [2.05, 4.69) is 10.3 Å². The molecule has 0 unspecified atom stereocenters. The van der Waals surface area contributed by atoms with E-state index >= 15 is 0 Å². The monoisotopic (exact) mass is 209 g/mol. The third-order valence-corrected chi connectivity index (χ3v) is 2.10. The van der Waals surface area contributed by atoms with Gasteiger partial charge in [0.15, 0.2) is 0 Å². The predicted molar refractivity (Wildman–Crippen MR) is 57.8 cm³/mol. The number of nitrogens with one attached hydrogen (secondary N) is 1. The van der Waals surface area contributed by atoms with Gasteiger partial charge in [-0.1, -0.05) is 0 Å². The van der Waals surface area contributed by atoms with Gasteiger partial charge in [-0.3, -0.25) is 9.78 Å². The minimum atomic E-state index is -0.129. The van der Waals surface area contributed by atoms with E-state index in [0.29, 0.717) is 17.8 Å². The van der Waals surface area contributed by atoms with Crippen molar-refractivity contribution in [1.29, 1.82) is 0 Å². The van der Waals surface area contributed by atoms with Crippen LogP contribution in [0.1, 0.15) is 10.4 Å². The summed E-state index contributed by atoms with van der Waals surface area (Å²) in [5, 5.41) is 11.6. The first-order chi connectivity index (χ1) is 7.20. The van der Waals surface area contributed by atoms with Crippen LogP contribution in [-0.4, -0.2) is 48.1 Å². The summed E-state index contributed by atoms with van der Waals surface area (Å²) in [5.41, 5.74) is 1.25. The molecule has 5 heteroatoms. The van der Waals surface area contributed by atoms with Crippen molar-refractivity contribution in [3.05, 3.63) is 24.0 Å². The first-order valence-electron chi connectivity index (χ1n) is 4.68. The summed E-state index contributed by atoms with van der Waals surface area (Å²) >= 11 is 0. The Morgan fingerprint density at radius 3 is 3.00 bits per heavy atom. The molecule has 0 saturated carbocycles. The number of pyridine rings is 1. The second-order valence-corrected chi connectivity index (χ2v) is 3.12. The van der Waals surface area contributed by atoms with E-state index in [9.17, 15) is 4.79 Å². The quantitative estimate of drug-likeness (QED) is 0.742. The average Bonchev–Trinajstić information content (AvgIpc) is 2.28. The second kappa shape index (κ2) is 5.31. The number of hydrogen-bond acceptors (Lipinski definition) is 4. The Labute approximate surface area is 88.7 Å². The van der Waals surface area contributed by atoms with Crippen molar-refractivity contribution in [2.24, 2.45) is 0 Å². The highest BCUT2D eigenvalue weighted by Gasteiger charge is 2.14. The van der Waals surface area contributed by atoms with Crippen molar-refractivity contribution in [3.8, 4) is 0 Å². The van der Waals surface area contributed by atoms with Crippen LogP contribution < -0.4 is 5.32 Å². The summed E-state index contributed by atoms with van der Waals surface area (Å²) in [6, 6.07) is 1.65. The van der Waals surface area contributed by atoms with Crippen molar-refractivity contribution < 1.29 is 9.90 Å². The van der Waals surface area contributed by atoms with Crippen LogP contribution in [0.5, 0.6) is 0 Å². The van der Waals surface area contributed by atoms with Crippen molar-refractivity contribution in [2.75, 3.05) is 32.6 Å². The zero-order chi connectivity index (χ0) is 11.3. The molecule has 0 saturated heterocycles. The Hall–Kier alpha value is -1.62. The minimum absolute atomic E-state index is 0.0395. The number of likely N-dealkylation sites (N-methyl/N-ethyl adjacent to an activating group) is 1. The van der Waals surface area contributed by atoms with Gasteiger partial charge in [-0.15, -0.1) is 0 Å². The molecule has 1 rings (SSSR count). The van der Waals surface area contributed by atoms with E-state index in [1.54, 1.807) is 32.6 Å². The lowest BCUT2D eigenvalue weighted by Crippen LogP contribution is -2.30. The molecule has 0 aliphatic carbocycles. The van der Waals surface area contributed by atoms with Gasteiger partial charge >= 0.3 is 0 Å². The molecule has 82 valence electrons. The van der Waals surface area contributed by atoms with Gasteiger partial charge in [0.1, 0.15) is 0 Å². The minimum Gasteiger partial charge on any atom is -0.395 e. The van der Waals surface area contributed by atoms with E-state index in [1.165, 1.54) is 4.90 Å². The lowest BCUT2D eigenvalue weighted by molar-refractivity contribution is 0.0768. The molecular formula is C10H15N3O2. The Kier molecular flexibility index (Phi) is 4.05. The molecule has 0 aliphatic rings. The Morgan fingerprint density at radius 2 is 2.40 bits per heavy atom. The molecule has 15 heavy (non-hydrogen) atoms.